The van der Waals surface area contributed by atoms with Crippen LogP contribution in [0.5, 0.6) is 0 Å². The Kier molecular flexibility index (Phi) is 5.07. The molecule has 0 unspecified atom stereocenters. The fourth-order valence-corrected chi connectivity index (χ4v) is 3.92. The molecule has 2 aliphatic rings. The van der Waals surface area contributed by atoms with E-state index in [1.807, 2.05) is 0 Å². The minimum absolute atomic E-state index is 0.152. The van der Waals surface area contributed by atoms with Gasteiger partial charge in [-0.25, -0.2) is 0 Å². The van der Waals surface area contributed by atoms with E-state index in [9.17, 15) is 10.1 Å². The molecule has 0 heterocycles. The average molecular weight is 276 g/mol. The summed E-state index contributed by atoms with van der Waals surface area (Å²) in [7, 11) is 0. The summed E-state index contributed by atoms with van der Waals surface area (Å²) in [6, 6.07) is 2.45. The molecule has 2 saturated carbocycles. The molecule has 1 N–H and O–H groups in total. The molecule has 112 valence electrons. The van der Waals surface area contributed by atoms with Crippen molar-refractivity contribution in [2.45, 2.75) is 89.5 Å². The summed E-state index contributed by atoms with van der Waals surface area (Å²) in [5.41, 5.74) is -0.783. The zero-order valence-electron chi connectivity index (χ0n) is 12.8. The number of hydrogen-bond donors (Lipinski definition) is 1. The van der Waals surface area contributed by atoms with Gasteiger partial charge < -0.3 is 5.32 Å². The molecular weight excluding hydrogens is 248 g/mol. The van der Waals surface area contributed by atoms with Crippen LogP contribution >= 0.6 is 0 Å². The molecule has 2 aliphatic carbocycles. The van der Waals surface area contributed by atoms with Gasteiger partial charge in [0, 0.05) is 5.41 Å². The Morgan fingerprint density at radius 1 is 1.00 bits per heavy atom. The van der Waals surface area contributed by atoms with E-state index in [4.69, 9.17) is 0 Å². The molecule has 0 bridgehead atoms. The van der Waals surface area contributed by atoms with Crippen molar-refractivity contribution in [1.82, 2.24) is 5.32 Å². The van der Waals surface area contributed by atoms with E-state index >= 15 is 0 Å². The molecule has 0 aliphatic heterocycles. The zero-order chi connectivity index (χ0) is 14.5. The number of rotatable bonds is 3. The Bertz CT molecular complexity index is 369. The first kappa shape index (κ1) is 15.4. The standard InChI is InChI=1S/C17H28N2O/c1-2-16(10-8-9-11-16)15(20)19-17(14-18)12-6-4-3-5-7-13-17/h2-13H2,1H3,(H,19,20). The van der Waals surface area contributed by atoms with Gasteiger partial charge in [-0.2, -0.15) is 5.26 Å². The molecule has 2 rings (SSSR count). The molecule has 0 aromatic rings. The van der Waals surface area contributed by atoms with Gasteiger partial charge in [0.15, 0.2) is 0 Å². The first-order chi connectivity index (χ1) is 9.66. The lowest BCUT2D eigenvalue weighted by atomic mass is 9.79. The van der Waals surface area contributed by atoms with E-state index in [1.165, 1.54) is 19.3 Å². The number of carbonyl (C=O) groups excluding carboxylic acids is 1. The van der Waals surface area contributed by atoms with Crippen LogP contribution in [0.4, 0.5) is 0 Å². The minimum Gasteiger partial charge on any atom is -0.337 e. The summed E-state index contributed by atoms with van der Waals surface area (Å²) in [6.07, 6.45) is 12.6. The van der Waals surface area contributed by atoms with Crippen molar-refractivity contribution < 1.29 is 4.79 Å². The first-order valence-electron chi connectivity index (χ1n) is 8.40. The molecule has 0 aromatic heterocycles. The third-order valence-corrected chi connectivity index (χ3v) is 5.49. The summed E-state index contributed by atoms with van der Waals surface area (Å²) >= 11 is 0. The van der Waals surface area contributed by atoms with Crippen molar-refractivity contribution in [2.24, 2.45) is 5.41 Å². The second kappa shape index (κ2) is 6.61. The predicted octanol–water partition coefficient (Wildman–Crippen LogP) is 4.08. The van der Waals surface area contributed by atoms with Crippen molar-refractivity contribution >= 4 is 5.91 Å². The third kappa shape index (κ3) is 3.16. The van der Waals surface area contributed by atoms with E-state index < -0.39 is 5.54 Å². The molecule has 3 nitrogen and oxygen atoms in total. The lowest BCUT2D eigenvalue weighted by molar-refractivity contribution is -0.132. The lowest BCUT2D eigenvalue weighted by Crippen LogP contribution is -2.52. The summed E-state index contributed by atoms with van der Waals surface area (Å²) in [5.74, 6) is 0.152. The number of amides is 1. The van der Waals surface area contributed by atoms with Crippen LogP contribution in [-0.2, 0) is 4.79 Å². The lowest BCUT2D eigenvalue weighted by Gasteiger charge is -2.35. The highest BCUT2D eigenvalue weighted by molar-refractivity contribution is 5.84. The zero-order valence-corrected chi connectivity index (χ0v) is 12.8. The predicted molar refractivity (Wildman–Crippen MR) is 80.0 cm³/mol. The van der Waals surface area contributed by atoms with Crippen molar-refractivity contribution in [3.8, 4) is 6.07 Å². The number of hydrogen-bond acceptors (Lipinski definition) is 2. The highest BCUT2D eigenvalue weighted by atomic mass is 16.2. The second-order valence-corrected chi connectivity index (χ2v) is 6.76. The van der Waals surface area contributed by atoms with Gasteiger partial charge in [0.2, 0.25) is 5.91 Å². The van der Waals surface area contributed by atoms with Gasteiger partial charge in [0.1, 0.15) is 5.54 Å². The maximum Gasteiger partial charge on any atom is 0.227 e. The van der Waals surface area contributed by atoms with E-state index in [0.717, 1.165) is 57.8 Å². The molecule has 3 heteroatoms. The van der Waals surface area contributed by atoms with Crippen LogP contribution in [-0.4, -0.2) is 11.4 Å². The van der Waals surface area contributed by atoms with E-state index in [2.05, 4.69) is 18.3 Å². The number of carbonyl (C=O) groups is 1. The molecular formula is C17H28N2O. The van der Waals surface area contributed by atoms with Crippen molar-refractivity contribution in [3.05, 3.63) is 0 Å². The molecule has 0 atom stereocenters. The number of nitrogens with one attached hydrogen (secondary N) is 1. The van der Waals surface area contributed by atoms with Gasteiger partial charge in [-0.05, 0) is 32.1 Å². The Morgan fingerprint density at radius 2 is 1.50 bits per heavy atom. The van der Waals surface area contributed by atoms with E-state index in [-0.39, 0.29) is 11.3 Å². The molecule has 20 heavy (non-hydrogen) atoms. The van der Waals surface area contributed by atoms with Crippen LogP contribution in [0, 0.1) is 16.7 Å². The maximum atomic E-state index is 12.8. The smallest absolute Gasteiger partial charge is 0.227 e. The number of nitriles is 1. The third-order valence-electron chi connectivity index (χ3n) is 5.49. The minimum atomic E-state index is -0.595. The maximum absolute atomic E-state index is 12.8. The van der Waals surface area contributed by atoms with Gasteiger partial charge in [0.05, 0.1) is 6.07 Å². The molecule has 2 fully saturated rings. The van der Waals surface area contributed by atoms with Gasteiger partial charge >= 0.3 is 0 Å². The Hall–Kier alpha value is -1.04. The van der Waals surface area contributed by atoms with Crippen LogP contribution in [0.15, 0.2) is 0 Å². The van der Waals surface area contributed by atoms with Gasteiger partial charge in [-0.1, -0.05) is 51.9 Å². The van der Waals surface area contributed by atoms with Gasteiger partial charge in [0.25, 0.3) is 0 Å². The summed E-state index contributed by atoms with van der Waals surface area (Å²) < 4.78 is 0. The van der Waals surface area contributed by atoms with E-state index in [0.29, 0.717) is 0 Å². The van der Waals surface area contributed by atoms with E-state index in [1.54, 1.807) is 0 Å². The molecule has 0 spiro atoms. The Balaban J connectivity index is 2.08. The van der Waals surface area contributed by atoms with Crippen molar-refractivity contribution in [2.75, 3.05) is 0 Å². The van der Waals surface area contributed by atoms with Crippen LogP contribution in [0.25, 0.3) is 0 Å². The second-order valence-electron chi connectivity index (χ2n) is 6.76. The average Bonchev–Trinajstić information content (AvgIpc) is 2.92. The fraction of sp³-hybridized carbons (Fsp3) is 0.882. The Morgan fingerprint density at radius 3 is 2.00 bits per heavy atom. The van der Waals surface area contributed by atoms with Gasteiger partial charge in [-0.15, -0.1) is 0 Å². The summed E-state index contributed by atoms with van der Waals surface area (Å²) in [5, 5.41) is 12.8. The van der Waals surface area contributed by atoms with Crippen LogP contribution in [0.3, 0.4) is 0 Å². The topological polar surface area (TPSA) is 52.9 Å². The monoisotopic (exact) mass is 276 g/mol. The largest absolute Gasteiger partial charge is 0.337 e. The molecule has 0 aromatic carbocycles. The molecule has 0 radical (unpaired) electrons. The molecule has 0 saturated heterocycles. The van der Waals surface area contributed by atoms with Gasteiger partial charge in [-0.3, -0.25) is 4.79 Å². The SMILES string of the molecule is CCC1(C(=O)NC2(C#N)CCCCCCC2)CCCC1. The van der Waals surface area contributed by atoms with Crippen molar-refractivity contribution in [3.63, 3.8) is 0 Å². The van der Waals surface area contributed by atoms with Crippen molar-refractivity contribution in [1.29, 1.82) is 5.26 Å². The number of nitrogens with zero attached hydrogens (tertiary/aromatic N) is 1. The summed E-state index contributed by atoms with van der Waals surface area (Å²) in [4.78, 5) is 12.8. The molecule has 1 amide bonds. The quantitative estimate of drug-likeness (QED) is 0.844. The highest BCUT2D eigenvalue weighted by Gasteiger charge is 2.43. The fourth-order valence-electron chi connectivity index (χ4n) is 3.92. The summed E-state index contributed by atoms with van der Waals surface area (Å²) in [6.45, 7) is 2.11. The Labute approximate surface area is 123 Å². The van der Waals surface area contributed by atoms with Crippen LogP contribution in [0.1, 0.15) is 84.0 Å². The van der Waals surface area contributed by atoms with Crippen LogP contribution < -0.4 is 5.32 Å². The normalized spacial score (nSPS) is 25.2. The first-order valence-corrected chi connectivity index (χ1v) is 8.40. The van der Waals surface area contributed by atoms with Crippen LogP contribution in [0.2, 0.25) is 0 Å². The highest BCUT2D eigenvalue weighted by Crippen LogP contribution is 2.42.